The Morgan fingerprint density at radius 3 is 2.84 bits per heavy atom. The van der Waals surface area contributed by atoms with Crippen LogP contribution in [0.15, 0.2) is 53.4 Å². The normalized spacial score (nSPS) is 24.0. The second-order valence-electron chi connectivity index (χ2n) is 6.97. The van der Waals surface area contributed by atoms with E-state index in [0.29, 0.717) is 5.92 Å². The number of halogens is 1. The summed E-state index contributed by atoms with van der Waals surface area (Å²) in [6.07, 6.45) is 3.24. The molecule has 0 aliphatic carbocycles. The summed E-state index contributed by atoms with van der Waals surface area (Å²) in [5, 5.41) is 3.85. The molecule has 2 aromatic carbocycles. The van der Waals surface area contributed by atoms with E-state index in [0.717, 1.165) is 43.8 Å². The van der Waals surface area contributed by atoms with Crippen molar-refractivity contribution in [3.8, 4) is 0 Å². The first-order chi connectivity index (χ1) is 12.3. The van der Waals surface area contributed by atoms with Crippen molar-refractivity contribution >= 4 is 11.8 Å². The van der Waals surface area contributed by atoms with Crippen molar-refractivity contribution in [1.29, 1.82) is 0 Å². The largest absolute Gasteiger partial charge is 0.381 e. The zero-order valence-corrected chi connectivity index (χ0v) is 15.1. The second-order valence-corrected chi connectivity index (χ2v) is 8.10. The lowest BCUT2D eigenvalue weighted by Gasteiger charge is -2.31. The van der Waals surface area contributed by atoms with Crippen LogP contribution >= 0.6 is 11.8 Å². The molecule has 0 spiro atoms. The minimum Gasteiger partial charge on any atom is -0.381 e. The highest BCUT2D eigenvalue weighted by molar-refractivity contribution is 7.99. The summed E-state index contributed by atoms with van der Waals surface area (Å²) in [6.45, 7) is 1.73. The van der Waals surface area contributed by atoms with E-state index in [1.165, 1.54) is 10.5 Å². The Hall–Kier alpha value is -1.36. The molecule has 4 rings (SSSR count). The predicted octanol–water partition coefficient (Wildman–Crippen LogP) is 5.12. The van der Waals surface area contributed by atoms with Crippen molar-refractivity contribution in [2.24, 2.45) is 5.92 Å². The topological polar surface area (TPSA) is 21.3 Å². The molecule has 4 heteroatoms. The monoisotopic (exact) mass is 357 g/mol. The third-order valence-electron chi connectivity index (χ3n) is 5.21. The predicted molar refractivity (Wildman–Crippen MR) is 100 cm³/mol. The molecule has 2 heterocycles. The van der Waals surface area contributed by atoms with Crippen LogP contribution in [0.1, 0.15) is 42.5 Å². The van der Waals surface area contributed by atoms with E-state index in [-0.39, 0.29) is 17.9 Å². The quantitative estimate of drug-likeness (QED) is 0.802. The summed E-state index contributed by atoms with van der Waals surface area (Å²) in [5.74, 6) is 1.53. The third kappa shape index (κ3) is 4.08. The molecule has 0 amide bonds. The van der Waals surface area contributed by atoms with Crippen molar-refractivity contribution in [1.82, 2.24) is 5.32 Å². The number of fused-ring (bicyclic) bond motifs is 1. The van der Waals surface area contributed by atoms with Crippen molar-refractivity contribution in [3.05, 3.63) is 65.5 Å². The Kier molecular flexibility index (Phi) is 5.39. The molecule has 2 nitrogen and oxygen atoms in total. The van der Waals surface area contributed by atoms with Crippen LogP contribution in [-0.4, -0.2) is 19.0 Å². The van der Waals surface area contributed by atoms with Crippen LogP contribution in [0.2, 0.25) is 0 Å². The molecule has 25 heavy (non-hydrogen) atoms. The molecule has 0 saturated carbocycles. The summed E-state index contributed by atoms with van der Waals surface area (Å²) in [4.78, 5) is 1.21. The lowest BCUT2D eigenvalue weighted by molar-refractivity contribution is 0.180. The molecule has 0 aromatic heterocycles. The molecular weight excluding hydrogens is 333 g/mol. The highest BCUT2D eigenvalue weighted by atomic mass is 32.2. The van der Waals surface area contributed by atoms with Gasteiger partial charge in [-0.05, 0) is 60.3 Å². The highest BCUT2D eigenvalue weighted by Crippen LogP contribution is 2.39. The highest BCUT2D eigenvalue weighted by Gasteiger charge is 2.27. The molecule has 0 radical (unpaired) electrons. The molecule has 1 fully saturated rings. The van der Waals surface area contributed by atoms with E-state index in [9.17, 15) is 4.39 Å². The van der Waals surface area contributed by atoms with Crippen LogP contribution < -0.4 is 5.32 Å². The number of hydrogen-bond acceptors (Lipinski definition) is 3. The van der Waals surface area contributed by atoms with Crippen molar-refractivity contribution in [2.75, 3.05) is 19.0 Å². The number of rotatable bonds is 5. The summed E-state index contributed by atoms with van der Waals surface area (Å²) >= 11 is 1.83. The summed E-state index contributed by atoms with van der Waals surface area (Å²) < 4.78 is 19.4. The molecule has 1 N–H and O–H groups in total. The molecule has 2 aromatic rings. The van der Waals surface area contributed by atoms with E-state index in [1.807, 2.05) is 17.8 Å². The Labute approximate surface area is 153 Å². The van der Waals surface area contributed by atoms with Gasteiger partial charge in [-0.25, -0.2) is 4.39 Å². The molecule has 132 valence electrons. The van der Waals surface area contributed by atoms with Gasteiger partial charge in [0.15, 0.2) is 0 Å². The van der Waals surface area contributed by atoms with Crippen LogP contribution in [0, 0.1) is 11.7 Å². The van der Waals surface area contributed by atoms with Crippen LogP contribution in [0.5, 0.6) is 0 Å². The lowest BCUT2D eigenvalue weighted by Crippen LogP contribution is -2.30. The van der Waals surface area contributed by atoms with E-state index in [2.05, 4.69) is 35.6 Å². The Morgan fingerprint density at radius 1 is 1.16 bits per heavy atom. The number of hydrogen-bond donors (Lipinski definition) is 1. The maximum Gasteiger partial charge on any atom is 0.123 e. The molecule has 2 aliphatic rings. The molecule has 1 saturated heterocycles. The first-order valence-electron chi connectivity index (χ1n) is 9.10. The Bertz CT molecular complexity index is 702. The van der Waals surface area contributed by atoms with Crippen molar-refractivity contribution in [3.63, 3.8) is 0 Å². The SMILES string of the molecule is Fc1ccc2c(c1)[C@H](N[C@@H](C[C@@H]1CCOC1)c1ccccc1)CCS2. The standard InChI is InChI=1S/C21H24FNOS/c22-17-6-7-21-18(13-17)19(9-11-25-21)23-20(12-15-8-10-24-14-15)16-4-2-1-3-5-16/h1-7,13,15,19-20,23H,8-12,14H2/t15-,19+,20-/m0/s1. The number of benzene rings is 2. The lowest BCUT2D eigenvalue weighted by atomic mass is 9.92. The van der Waals surface area contributed by atoms with Gasteiger partial charge in [0, 0.05) is 30.2 Å². The zero-order chi connectivity index (χ0) is 17.1. The van der Waals surface area contributed by atoms with Crippen molar-refractivity contribution in [2.45, 2.75) is 36.2 Å². The van der Waals surface area contributed by atoms with Gasteiger partial charge in [-0.3, -0.25) is 0 Å². The number of nitrogens with one attached hydrogen (secondary N) is 1. The van der Waals surface area contributed by atoms with Gasteiger partial charge in [0.2, 0.25) is 0 Å². The van der Waals surface area contributed by atoms with E-state index in [1.54, 1.807) is 12.1 Å². The average Bonchev–Trinajstić information content (AvgIpc) is 3.15. The van der Waals surface area contributed by atoms with Crippen molar-refractivity contribution < 1.29 is 9.13 Å². The first-order valence-corrected chi connectivity index (χ1v) is 10.1. The summed E-state index contributed by atoms with van der Waals surface area (Å²) in [5.41, 5.74) is 2.42. The average molecular weight is 357 g/mol. The molecule has 0 unspecified atom stereocenters. The van der Waals surface area contributed by atoms with Crippen LogP contribution in [0.4, 0.5) is 4.39 Å². The fraction of sp³-hybridized carbons (Fsp3) is 0.429. The van der Waals surface area contributed by atoms with E-state index < -0.39 is 0 Å². The third-order valence-corrected chi connectivity index (χ3v) is 6.33. The van der Waals surface area contributed by atoms with Gasteiger partial charge >= 0.3 is 0 Å². The van der Waals surface area contributed by atoms with Crippen LogP contribution in [0.25, 0.3) is 0 Å². The molecular formula is C21H24FNOS. The fourth-order valence-electron chi connectivity index (χ4n) is 3.87. The van der Waals surface area contributed by atoms with E-state index >= 15 is 0 Å². The Morgan fingerprint density at radius 2 is 2.04 bits per heavy atom. The summed E-state index contributed by atoms with van der Waals surface area (Å²) in [7, 11) is 0. The van der Waals surface area contributed by atoms with Gasteiger partial charge in [-0.15, -0.1) is 11.8 Å². The maximum absolute atomic E-state index is 13.8. The van der Waals surface area contributed by atoms with Gasteiger partial charge in [0.1, 0.15) is 5.82 Å². The van der Waals surface area contributed by atoms with Crippen LogP contribution in [0.3, 0.4) is 0 Å². The molecule has 2 aliphatic heterocycles. The number of thioether (sulfide) groups is 1. The minimum atomic E-state index is -0.145. The second kappa shape index (κ2) is 7.90. The molecule has 0 bridgehead atoms. The maximum atomic E-state index is 13.8. The number of ether oxygens (including phenoxy) is 1. The zero-order valence-electron chi connectivity index (χ0n) is 14.3. The van der Waals surface area contributed by atoms with Gasteiger partial charge in [0.25, 0.3) is 0 Å². The Balaban J connectivity index is 1.57. The van der Waals surface area contributed by atoms with Gasteiger partial charge in [-0.2, -0.15) is 0 Å². The molecule has 3 atom stereocenters. The van der Waals surface area contributed by atoms with Gasteiger partial charge < -0.3 is 10.1 Å². The van der Waals surface area contributed by atoms with E-state index in [4.69, 9.17) is 4.74 Å². The smallest absolute Gasteiger partial charge is 0.123 e. The summed E-state index contributed by atoms with van der Waals surface area (Å²) in [6, 6.07) is 16.3. The fourth-order valence-corrected chi connectivity index (χ4v) is 4.98. The minimum absolute atomic E-state index is 0.145. The van der Waals surface area contributed by atoms with Crippen LogP contribution in [-0.2, 0) is 4.74 Å². The van der Waals surface area contributed by atoms with Gasteiger partial charge in [0.05, 0.1) is 0 Å². The first kappa shape index (κ1) is 17.1. The van der Waals surface area contributed by atoms with Gasteiger partial charge in [-0.1, -0.05) is 30.3 Å².